The van der Waals surface area contributed by atoms with Crippen molar-refractivity contribution in [2.24, 2.45) is 0 Å². The van der Waals surface area contributed by atoms with Crippen LogP contribution in [0.25, 0.3) is 34.0 Å². The molecule has 0 atom stereocenters. The molecular weight excluding hydrogens is 528 g/mol. The van der Waals surface area contributed by atoms with Crippen molar-refractivity contribution >= 4 is 11.4 Å². The monoisotopic (exact) mass is 562 g/mol. The molecule has 0 aliphatic rings. The normalized spacial score (nSPS) is 10.9. The quantitative estimate of drug-likeness (QED) is 0.184. The first-order chi connectivity index (χ1) is 21.0. The lowest BCUT2D eigenvalue weighted by molar-refractivity contribution is 0.980. The predicted molar refractivity (Wildman–Crippen MR) is 176 cm³/mol. The van der Waals surface area contributed by atoms with Gasteiger partial charge in [-0.1, -0.05) is 83.9 Å². The molecule has 0 spiro atoms. The van der Waals surface area contributed by atoms with E-state index in [9.17, 15) is 0 Å². The van der Waals surface area contributed by atoms with Gasteiger partial charge < -0.3 is 10.6 Å². The fourth-order valence-corrected chi connectivity index (χ4v) is 4.80. The number of hydrogen-bond donors (Lipinski definition) is 2. The van der Waals surface area contributed by atoms with Gasteiger partial charge in [-0.3, -0.25) is 4.98 Å². The Labute approximate surface area is 252 Å². The van der Waals surface area contributed by atoms with E-state index in [-0.39, 0.29) is 0 Å². The fraction of sp³-hybridized carbons (Fsp3) is 0.135. The maximum Gasteiger partial charge on any atom is 0.201 e. The van der Waals surface area contributed by atoms with E-state index in [1.807, 2.05) is 19.1 Å². The summed E-state index contributed by atoms with van der Waals surface area (Å²) in [5, 5.41) is 16.2. The van der Waals surface area contributed by atoms with E-state index in [2.05, 4.69) is 137 Å². The van der Waals surface area contributed by atoms with Gasteiger partial charge in [0.15, 0.2) is 0 Å². The van der Waals surface area contributed by atoms with E-state index >= 15 is 0 Å². The number of pyridine rings is 1. The molecule has 0 amide bonds. The third kappa shape index (κ3) is 6.93. The zero-order chi connectivity index (χ0) is 29.6. The summed E-state index contributed by atoms with van der Waals surface area (Å²) in [6.45, 7) is 7.75. The molecule has 0 saturated carbocycles. The highest BCUT2D eigenvalue weighted by atomic mass is 15.2. The Kier molecular flexibility index (Phi) is 8.18. The lowest BCUT2D eigenvalue weighted by Crippen LogP contribution is -2.02. The number of hydrogen-bond acceptors (Lipinski definition) is 6. The van der Waals surface area contributed by atoms with Crippen LogP contribution in [0.15, 0.2) is 115 Å². The van der Waals surface area contributed by atoms with Gasteiger partial charge in [0.1, 0.15) is 17.1 Å². The van der Waals surface area contributed by atoms with Gasteiger partial charge in [0.05, 0.1) is 0 Å². The molecular formula is C37H34N6. The van der Waals surface area contributed by atoms with Crippen molar-refractivity contribution < 1.29 is 0 Å². The van der Waals surface area contributed by atoms with Crippen LogP contribution in [0.4, 0.5) is 11.4 Å². The van der Waals surface area contributed by atoms with E-state index in [1.165, 1.54) is 22.3 Å². The first-order valence-corrected chi connectivity index (χ1v) is 14.5. The van der Waals surface area contributed by atoms with Crippen molar-refractivity contribution in [3.63, 3.8) is 0 Å². The summed E-state index contributed by atoms with van der Waals surface area (Å²) >= 11 is 0. The number of anilines is 2. The SMILES string of the molecule is Cc1ccc(CNc2ccc(-c3nnc(-c4cc(C)ccn4)nc3-c3ccc(NCc4ccc(C)cc4)cc3)cc2)cc1. The van der Waals surface area contributed by atoms with Crippen LogP contribution in [-0.2, 0) is 13.1 Å². The van der Waals surface area contributed by atoms with E-state index in [1.54, 1.807) is 6.20 Å². The average molecular weight is 563 g/mol. The number of nitrogens with zero attached hydrogens (tertiary/aromatic N) is 4. The number of rotatable bonds is 9. The van der Waals surface area contributed by atoms with Crippen molar-refractivity contribution in [1.82, 2.24) is 20.2 Å². The lowest BCUT2D eigenvalue weighted by Gasteiger charge is -2.12. The van der Waals surface area contributed by atoms with Crippen LogP contribution in [0.2, 0.25) is 0 Å². The van der Waals surface area contributed by atoms with Crippen LogP contribution in [0.5, 0.6) is 0 Å². The zero-order valence-electron chi connectivity index (χ0n) is 24.7. The summed E-state index contributed by atoms with van der Waals surface area (Å²) in [4.78, 5) is 9.49. The molecule has 6 heteroatoms. The molecule has 212 valence electrons. The molecule has 0 bridgehead atoms. The maximum atomic E-state index is 5.00. The topological polar surface area (TPSA) is 75.6 Å². The van der Waals surface area contributed by atoms with Crippen molar-refractivity contribution in [2.75, 3.05) is 10.6 Å². The molecule has 2 aromatic heterocycles. The van der Waals surface area contributed by atoms with Crippen LogP contribution in [0, 0.1) is 20.8 Å². The van der Waals surface area contributed by atoms with Crippen molar-refractivity contribution in [2.45, 2.75) is 33.9 Å². The zero-order valence-corrected chi connectivity index (χ0v) is 24.7. The number of benzene rings is 4. The minimum atomic E-state index is 0.500. The van der Waals surface area contributed by atoms with E-state index in [4.69, 9.17) is 4.98 Å². The molecule has 0 unspecified atom stereocenters. The molecule has 0 fully saturated rings. The van der Waals surface area contributed by atoms with Gasteiger partial charge in [-0.25, -0.2) is 4.98 Å². The summed E-state index contributed by atoms with van der Waals surface area (Å²) in [7, 11) is 0. The third-order valence-electron chi connectivity index (χ3n) is 7.38. The van der Waals surface area contributed by atoms with Crippen molar-refractivity contribution in [3.8, 4) is 34.0 Å². The van der Waals surface area contributed by atoms with Crippen LogP contribution in [-0.4, -0.2) is 20.2 Å². The molecule has 4 aromatic carbocycles. The van der Waals surface area contributed by atoms with Gasteiger partial charge in [0.2, 0.25) is 5.82 Å². The molecule has 6 nitrogen and oxygen atoms in total. The summed E-state index contributed by atoms with van der Waals surface area (Å²) in [6.07, 6.45) is 1.78. The number of nitrogens with one attached hydrogen (secondary N) is 2. The smallest absolute Gasteiger partial charge is 0.201 e. The largest absolute Gasteiger partial charge is 0.381 e. The third-order valence-corrected chi connectivity index (χ3v) is 7.38. The standard InChI is InChI=1S/C37H34N6/c1-25-4-8-28(9-5-25)23-39-32-16-12-30(13-17-32)35-36(42-43-37(41-35)34-22-27(3)20-21-38-34)31-14-18-33(19-15-31)40-24-29-10-6-26(2)7-11-29/h4-22,39-40H,23-24H2,1-3H3. The molecule has 0 radical (unpaired) electrons. The Balaban J connectivity index is 1.27. The van der Waals surface area contributed by atoms with Crippen molar-refractivity contribution in [3.05, 3.63) is 143 Å². The molecule has 43 heavy (non-hydrogen) atoms. The maximum absolute atomic E-state index is 5.00. The minimum Gasteiger partial charge on any atom is -0.381 e. The molecule has 2 N–H and O–H groups in total. The van der Waals surface area contributed by atoms with Crippen LogP contribution >= 0.6 is 0 Å². The highest BCUT2D eigenvalue weighted by molar-refractivity contribution is 5.80. The Morgan fingerprint density at radius 3 is 1.53 bits per heavy atom. The second-order valence-electron chi connectivity index (χ2n) is 10.9. The number of aryl methyl sites for hydroxylation is 3. The van der Waals surface area contributed by atoms with Gasteiger partial charge in [-0.2, -0.15) is 0 Å². The molecule has 0 aliphatic heterocycles. The van der Waals surface area contributed by atoms with Crippen LogP contribution in [0.1, 0.15) is 27.8 Å². The predicted octanol–water partition coefficient (Wildman–Crippen LogP) is 8.42. The van der Waals surface area contributed by atoms with Gasteiger partial charge in [0, 0.05) is 41.8 Å². The Morgan fingerprint density at radius 1 is 0.512 bits per heavy atom. The molecule has 2 heterocycles. The fourth-order valence-electron chi connectivity index (χ4n) is 4.80. The first-order valence-electron chi connectivity index (χ1n) is 14.5. The average Bonchev–Trinajstić information content (AvgIpc) is 3.04. The van der Waals surface area contributed by atoms with Crippen molar-refractivity contribution in [1.29, 1.82) is 0 Å². The van der Waals surface area contributed by atoms with Crippen LogP contribution < -0.4 is 10.6 Å². The van der Waals surface area contributed by atoms with Gasteiger partial charge in [-0.05, 0) is 73.9 Å². The summed E-state index contributed by atoms with van der Waals surface area (Å²) < 4.78 is 0. The highest BCUT2D eigenvalue weighted by Crippen LogP contribution is 2.31. The minimum absolute atomic E-state index is 0.500. The molecule has 6 rings (SSSR count). The Bertz CT molecular complexity index is 1810. The lowest BCUT2D eigenvalue weighted by atomic mass is 10.0. The van der Waals surface area contributed by atoms with Gasteiger partial charge >= 0.3 is 0 Å². The Morgan fingerprint density at radius 2 is 1.02 bits per heavy atom. The van der Waals surface area contributed by atoms with Gasteiger partial charge in [-0.15, -0.1) is 10.2 Å². The Hall–Kier alpha value is -5.36. The van der Waals surface area contributed by atoms with E-state index in [0.717, 1.165) is 52.5 Å². The van der Waals surface area contributed by atoms with Gasteiger partial charge in [0.25, 0.3) is 0 Å². The first kappa shape index (κ1) is 27.8. The van der Waals surface area contributed by atoms with E-state index in [0.29, 0.717) is 11.5 Å². The summed E-state index contributed by atoms with van der Waals surface area (Å²) in [6, 6.07) is 37.7. The van der Waals surface area contributed by atoms with Crippen LogP contribution in [0.3, 0.4) is 0 Å². The second-order valence-corrected chi connectivity index (χ2v) is 10.9. The van der Waals surface area contributed by atoms with E-state index < -0.39 is 0 Å². The number of aromatic nitrogens is 4. The molecule has 0 saturated heterocycles. The molecule has 0 aliphatic carbocycles. The molecule has 6 aromatic rings. The second kappa shape index (κ2) is 12.7. The summed E-state index contributed by atoms with van der Waals surface area (Å²) in [5.74, 6) is 0.500. The highest BCUT2D eigenvalue weighted by Gasteiger charge is 2.16. The summed E-state index contributed by atoms with van der Waals surface area (Å²) in [5.41, 5.74) is 12.3.